The van der Waals surface area contributed by atoms with Crippen LogP contribution in [0.25, 0.3) is 6.08 Å². The molecule has 0 radical (unpaired) electrons. The molecule has 2 N–H and O–H groups in total. The smallest absolute Gasteiger partial charge is 0.276 e. The molecule has 0 saturated carbocycles. The van der Waals surface area contributed by atoms with E-state index < -0.39 is 0 Å². The summed E-state index contributed by atoms with van der Waals surface area (Å²) in [5.41, 5.74) is 4.90. The van der Waals surface area contributed by atoms with Gasteiger partial charge >= 0.3 is 0 Å². The molecule has 1 amide bonds. The highest BCUT2D eigenvalue weighted by molar-refractivity contribution is 6.34. The van der Waals surface area contributed by atoms with Crippen LogP contribution in [-0.2, 0) is 11.3 Å². The van der Waals surface area contributed by atoms with Crippen molar-refractivity contribution in [1.29, 1.82) is 0 Å². The van der Waals surface area contributed by atoms with Crippen LogP contribution in [0.4, 0.5) is 0 Å². The number of nitrogens with zero attached hydrogens (tertiary/aromatic N) is 1. The van der Waals surface area contributed by atoms with Crippen LogP contribution in [0, 0.1) is 0 Å². The fourth-order valence-corrected chi connectivity index (χ4v) is 4.31. The summed E-state index contributed by atoms with van der Waals surface area (Å²) in [6.07, 6.45) is 5.00. The van der Waals surface area contributed by atoms with Crippen LogP contribution in [-0.4, -0.2) is 29.0 Å². The molecule has 2 aliphatic heterocycles. The van der Waals surface area contributed by atoms with Gasteiger partial charge in [-0.1, -0.05) is 35.3 Å². The van der Waals surface area contributed by atoms with E-state index in [2.05, 4.69) is 10.4 Å². The number of phenols is 1. The number of benzene rings is 2. The molecule has 0 bridgehead atoms. The molecule has 0 spiro atoms. The molecule has 0 atom stereocenters. The second-order valence-electron chi connectivity index (χ2n) is 7.15. The third kappa shape index (κ3) is 4.12. The molecule has 0 unspecified atom stereocenters. The predicted molar refractivity (Wildman–Crippen MR) is 110 cm³/mol. The largest absolute Gasteiger partial charge is 0.504 e. The first-order chi connectivity index (χ1) is 13.5. The van der Waals surface area contributed by atoms with E-state index in [4.69, 9.17) is 28.0 Å². The Kier molecular flexibility index (Phi) is 5.49. The topological polar surface area (TPSA) is 61.8 Å². The van der Waals surface area contributed by atoms with Gasteiger partial charge in [0.2, 0.25) is 5.75 Å². The lowest BCUT2D eigenvalue weighted by Crippen LogP contribution is -2.32. The van der Waals surface area contributed by atoms with E-state index in [1.165, 1.54) is 11.6 Å². The molecule has 28 heavy (non-hydrogen) atoms. The highest BCUT2D eigenvalue weighted by Gasteiger charge is 2.23. The summed E-state index contributed by atoms with van der Waals surface area (Å²) in [6.45, 7) is 2.43. The van der Waals surface area contributed by atoms with E-state index in [9.17, 15) is 9.90 Å². The van der Waals surface area contributed by atoms with Gasteiger partial charge in [0, 0.05) is 33.8 Å². The van der Waals surface area contributed by atoms with Crippen molar-refractivity contribution in [3.05, 3.63) is 63.1 Å². The zero-order valence-corrected chi connectivity index (χ0v) is 16.6. The second kappa shape index (κ2) is 8.03. The SMILES string of the molecule is O=C1C=Cc2ccc(CN3CCC(c4cc(Cl)cc(Cl)c4)CC3)c(O)c2ON1. The number of hydrogen-bond acceptors (Lipinski definition) is 4. The Morgan fingerprint density at radius 3 is 2.54 bits per heavy atom. The van der Waals surface area contributed by atoms with E-state index in [1.54, 1.807) is 12.1 Å². The van der Waals surface area contributed by atoms with Crippen molar-refractivity contribution in [2.75, 3.05) is 13.1 Å². The van der Waals surface area contributed by atoms with E-state index in [1.807, 2.05) is 24.3 Å². The first-order valence-electron chi connectivity index (χ1n) is 9.17. The number of piperidine rings is 1. The number of halogens is 2. The lowest BCUT2D eigenvalue weighted by atomic mass is 9.89. The minimum Gasteiger partial charge on any atom is -0.504 e. The van der Waals surface area contributed by atoms with Gasteiger partial charge in [-0.2, -0.15) is 5.48 Å². The molecular formula is C21H20Cl2N2O3. The normalized spacial score (nSPS) is 17.6. The quantitative estimate of drug-likeness (QED) is 0.769. The summed E-state index contributed by atoms with van der Waals surface area (Å²) in [4.78, 5) is 19.0. The first-order valence-corrected chi connectivity index (χ1v) is 9.93. The molecule has 7 heteroatoms. The number of carbonyl (C=O) groups excluding carboxylic acids is 1. The van der Waals surface area contributed by atoms with Gasteiger partial charge in [-0.15, -0.1) is 0 Å². The third-order valence-corrected chi connectivity index (χ3v) is 5.69. The Morgan fingerprint density at radius 1 is 1.11 bits per heavy atom. The van der Waals surface area contributed by atoms with Crippen molar-refractivity contribution in [2.45, 2.75) is 25.3 Å². The van der Waals surface area contributed by atoms with Gasteiger partial charge in [-0.25, -0.2) is 0 Å². The van der Waals surface area contributed by atoms with Crippen LogP contribution in [0.15, 0.2) is 36.4 Å². The molecule has 2 aromatic rings. The maximum absolute atomic E-state index is 11.4. The minimum atomic E-state index is -0.361. The van der Waals surface area contributed by atoms with Crippen LogP contribution >= 0.6 is 23.2 Å². The highest BCUT2D eigenvalue weighted by Crippen LogP contribution is 2.37. The van der Waals surface area contributed by atoms with Crippen molar-refractivity contribution >= 4 is 35.2 Å². The molecule has 2 aliphatic rings. The van der Waals surface area contributed by atoms with Crippen molar-refractivity contribution in [1.82, 2.24) is 10.4 Å². The molecule has 2 heterocycles. The number of phenolic OH excluding ortho intramolecular Hbond substituents is 1. The summed E-state index contributed by atoms with van der Waals surface area (Å²) in [5.74, 6) is 0.410. The highest BCUT2D eigenvalue weighted by atomic mass is 35.5. The van der Waals surface area contributed by atoms with E-state index >= 15 is 0 Å². The minimum absolute atomic E-state index is 0.0631. The Bertz CT molecular complexity index is 917. The van der Waals surface area contributed by atoms with E-state index in [0.717, 1.165) is 31.5 Å². The Hall–Kier alpha value is -2.21. The number of fused-ring (bicyclic) bond motifs is 1. The molecule has 146 valence electrons. The lowest BCUT2D eigenvalue weighted by molar-refractivity contribution is -0.122. The number of hydroxylamine groups is 1. The molecule has 1 fully saturated rings. The Labute approximate surface area is 173 Å². The van der Waals surface area contributed by atoms with Gasteiger partial charge in [0.25, 0.3) is 5.91 Å². The Morgan fingerprint density at radius 2 is 1.82 bits per heavy atom. The first kappa shape index (κ1) is 19.1. The van der Waals surface area contributed by atoms with Crippen LogP contribution in [0.1, 0.15) is 35.4 Å². The zero-order chi connectivity index (χ0) is 19.7. The summed E-state index contributed by atoms with van der Waals surface area (Å²) < 4.78 is 0. The molecule has 5 nitrogen and oxygen atoms in total. The van der Waals surface area contributed by atoms with Gasteiger partial charge < -0.3 is 9.94 Å². The number of rotatable bonds is 3. The van der Waals surface area contributed by atoms with Crippen molar-refractivity contribution in [2.24, 2.45) is 0 Å². The van der Waals surface area contributed by atoms with Crippen molar-refractivity contribution < 1.29 is 14.7 Å². The molecule has 4 rings (SSSR count). The number of likely N-dealkylation sites (tertiary alicyclic amines) is 1. The fourth-order valence-electron chi connectivity index (χ4n) is 3.77. The molecule has 1 saturated heterocycles. The lowest BCUT2D eigenvalue weighted by Gasteiger charge is -2.32. The number of nitrogens with one attached hydrogen (secondary N) is 1. The number of amides is 1. The predicted octanol–water partition coefficient (Wildman–Crippen LogP) is 4.52. The third-order valence-electron chi connectivity index (χ3n) is 5.25. The van der Waals surface area contributed by atoms with Crippen molar-refractivity contribution in [3.63, 3.8) is 0 Å². The maximum Gasteiger partial charge on any atom is 0.276 e. The van der Waals surface area contributed by atoms with Gasteiger partial charge in [0.15, 0.2) is 5.75 Å². The standard InChI is InChI=1S/C21H20Cl2N2O3/c22-17-9-16(10-18(23)11-17)13-5-7-25(8-6-13)12-15-2-1-14-3-4-19(26)24-28-21(14)20(15)27/h1-4,9-11,13,27H,5-8,12H2,(H,24,26). The van der Waals surface area contributed by atoms with Crippen LogP contribution in [0.5, 0.6) is 11.5 Å². The van der Waals surface area contributed by atoms with Gasteiger partial charge in [-0.3, -0.25) is 9.69 Å². The average molecular weight is 419 g/mol. The summed E-state index contributed by atoms with van der Waals surface area (Å²) in [6, 6.07) is 9.46. The number of aromatic hydroxyl groups is 1. The van der Waals surface area contributed by atoms with Gasteiger partial charge in [-0.05, 0) is 61.7 Å². The average Bonchev–Trinajstić information content (AvgIpc) is 2.86. The van der Waals surface area contributed by atoms with Gasteiger partial charge in [0.05, 0.1) is 0 Å². The van der Waals surface area contributed by atoms with Crippen LogP contribution < -0.4 is 10.3 Å². The van der Waals surface area contributed by atoms with Crippen LogP contribution in [0.3, 0.4) is 0 Å². The number of hydrogen-bond donors (Lipinski definition) is 2. The maximum atomic E-state index is 11.4. The van der Waals surface area contributed by atoms with E-state index in [0.29, 0.717) is 28.1 Å². The zero-order valence-electron chi connectivity index (χ0n) is 15.1. The monoisotopic (exact) mass is 418 g/mol. The molecule has 0 aromatic heterocycles. The summed E-state index contributed by atoms with van der Waals surface area (Å²) in [5, 5.41) is 11.9. The molecular weight excluding hydrogens is 399 g/mol. The fraction of sp³-hybridized carbons (Fsp3) is 0.286. The summed E-state index contributed by atoms with van der Waals surface area (Å²) >= 11 is 12.3. The number of carbonyl (C=O) groups is 1. The van der Waals surface area contributed by atoms with Crippen molar-refractivity contribution in [3.8, 4) is 11.5 Å². The summed E-state index contributed by atoms with van der Waals surface area (Å²) in [7, 11) is 0. The van der Waals surface area contributed by atoms with Crippen LogP contribution in [0.2, 0.25) is 10.0 Å². The Balaban J connectivity index is 1.43. The second-order valence-corrected chi connectivity index (χ2v) is 8.02. The van der Waals surface area contributed by atoms with E-state index in [-0.39, 0.29) is 17.4 Å². The molecule has 0 aliphatic carbocycles. The molecule has 2 aromatic carbocycles. The van der Waals surface area contributed by atoms with Gasteiger partial charge in [0.1, 0.15) is 0 Å².